The second kappa shape index (κ2) is 5.73. The van der Waals surface area contributed by atoms with Crippen LogP contribution in [0.3, 0.4) is 0 Å². The molecule has 1 aliphatic rings. The molecule has 3 N–H and O–H groups in total. The van der Waals surface area contributed by atoms with Gasteiger partial charge in [-0.3, -0.25) is 0 Å². The maximum Gasteiger partial charge on any atom is 0.163 e. The van der Waals surface area contributed by atoms with Crippen LogP contribution >= 0.6 is 15.9 Å². The number of benzene rings is 2. The molecule has 0 spiro atoms. The molecule has 0 saturated heterocycles. The molecule has 0 aliphatic carbocycles. The predicted molar refractivity (Wildman–Crippen MR) is 85.8 cm³/mol. The van der Waals surface area contributed by atoms with Gasteiger partial charge < -0.3 is 25.3 Å². The van der Waals surface area contributed by atoms with E-state index < -0.39 is 0 Å². The first-order valence-corrected chi connectivity index (χ1v) is 7.26. The number of hydrogen-bond acceptors (Lipinski definition) is 5. The SMILES string of the molecule is COc1ccc(Br)c(Nc2cc3c(cc2N)OCCO3)c1. The lowest BCUT2D eigenvalue weighted by molar-refractivity contribution is 0.172. The standard InChI is InChI=1S/C15H15BrN2O3/c1-19-9-2-3-10(16)12(6-9)18-13-8-15-14(7-11(13)17)20-4-5-21-15/h2-3,6-8,18H,4-5,17H2,1H3. The number of nitrogens with two attached hydrogens (primary N) is 1. The second-order valence-electron chi connectivity index (χ2n) is 4.55. The molecule has 2 aromatic carbocycles. The quantitative estimate of drug-likeness (QED) is 0.828. The molecule has 0 atom stereocenters. The molecular formula is C15H15BrN2O3. The Morgan fingerprint density at radius 1 is 1.10 bits per heavy atom. The Morgan fingerprint density at radius 2 is 1.81 bits per heavy atom. The summed E-state index contributed by atoms with van der Waals surface area (Å²) in [5, 5.41) is 3.28. The van der Waals surface area contributed by atoms with Gasteiger partial charge in [-0.15, -0.1) is 0 Å². The minimum absolute atomic E-state index is 0.541. The molecule has 1 heterocycles. The number of ether oxygens (including phenoxy) is 3. The van der Waals surface area contributed by atoms with Crippen LogP contribution in [0.2, 0.25) is 0 Å². The van der Waals surface area contributed by atoms with E-state index in [1.165, 1.54) is 0 Å². The van der Waals surface area contributed by atoms with Crippen LogP contribution in [-0.2, 0) is 0 Å². The second-order valence-corrected chi connectivity index (χ2v) is 5.41. The fourth-order valence-electron chi connectivity index (χ4n) is 2.08. The Morgan fingerprint density at radius 3 is 2.52 bits per heavy atom. The van der Waals surface area contributed by atoms with Gasteiger partial charge in [0.05, 0.1) is 24.2 Å². The minimum Gasteiger partial charge on any atom is -0.497 e. The van der Waals surface area contributed by atoms with Gasteiger partial charge in [0.1, 0.15) is 19.0 Å². The Labute approximate surface area is 131 Å². The van der Waals surface area contributed by atoms with Crippen molar-refractivity contribution in [3.8, 4) is 17.2 Å². The van der Waals surface area contributed by atoms with Crippen molar-refractivity contribution in [2.75, 3.05) is 31.4 Å². The van der Waals surface area contributed by atoms with Crippen molar-refractivity contribution in [1.29, 1.82) is 0 Å². The summed E-state index contributed by atoms with van der Waals surface area (Å²) in [6.45, 7) is 1.08. The van der Waals surface area contributed by atoms with Crippen molar-refractivity contribution in [3.63, 3.8) is 0 Å². The first-order valence-electron chi connectivity index (χ1n) is 6.47. The van der Waals surface area contributed by atoms with E-state index in [0.717, 1.165) is 21.6 Å². The zero-order valence-corrected chi connectivity index (χ0v) is 13.1. The van der Waals surface area contributed by atoms with Gasteiger partial charge in [-0.2, -0.15) is 0 Å². The number of hydrogen-bond donors (Lipinski definition) is 2. The number of methoxy groups -OCH3 is 1. The van der Waals surface area contributed by atoms with Gasteiger partial charge in [0.15, 0.2) is 11.5 Å². The molecule has 0 aromatic heterocycles. The van der Waals surface area contributed by atoms with Crippen molar-refractivity contribution in [2.45, 2.75) is 0 Å². The normalized spacial score (nSPS) is 12.9. The topological polar surface area (TPSA) is 65.7 Å². The smallest absolute Gasteiger partial charge is 0.163 e. The van der Waals surface area contributed by atoms with Gasteiger partial charge >= 0.3 is 0 Å². The number of anilines is 3. The molecule has 110 valence electrons. The zero-order chi connectivity index (χ0) is 14.8. The number of nitrogens with one attached hydrogen (secondary N) is 1. The molecule has 0 fully saturated rings. The summed E-state index contributed by atoms with van der Waals surface area (Å²) < 4.78 is 17.2. The molecule has 3 rings (SSSR count). The molecule has 5 nitrogen and oxygen atoms in total. The highest BCUT2D eigenvalue weighted by atomic mass is 79.9. The van der Waals surface area contributed by atoms with E-state index in [1.807, 2.05) is 24.3 Å². The van der Waals surface area contributed by atoms with Crippen LogP contribution in [0, 0.1) is 0 Å². The van der Waals surface area contributed by atoms with Gasteiger partial charge in [0, 0.05) is 22.7 Å². The van der Waals surface area contributed by atoms with E-state index in [-0.39, 0.29) is 0 Å². The predicted octanol–water partition coefficient (Wildman–Crippen LogP) is 3.55. The van der Waals surface area contributed by atoms with Gasteiger partial charge in [-0.05, 0) is 28.1 Å². The van der Waals surface area contributed by atoms with Crippen molar-refractivity contribution >= 4 is 33.0 Å². The molecular weight excluding hydrogens is 336 g/mol. The van der Waals surface area contributed by atoms with Crippen molar-refractivity contribution in [3.05, 3.63) is 34.8 Å². The third-order valence-corrected chi connectivity index (χ3v) is 3.85. The van der Waals surface area contributed by atoms with Crippen LogP contribution in [0.15, 0.2) is 34.8 Å². The molecule has 0 radical (unpaired) electrons. The van der Waals surface area contributed by atoms with Gasteiger partial charge in [-0.25, -0.2) is 0 Å². The summed E-state index contributed by atoms with van der Waals surface area (Å²) in [6.07, 6.45) is 0. The minimum atomic E-state index is 0.541. The Hall–Kier alpha value is -2.08. The van der Waals surface area contributed by atoms with E-state index in [2.05, 4.69) is 21.2 Å². The molecule has 21 heavy (non-hydrogen) atoms. The largest absolute Gasteiger partial charge is 0.497 e. The van der Waals surface area contributed by atoms with E-state index in [0.29, 0.717) is 30.4 Å². The van der Waals surface area contributed by atoms with Crippen LogP contribution in [0.1, 0.15) is 0 Å². The van der Waals surface area contributed by atoms with Crippen molar-refractivity contribution in [1.82, 2.24) is 0 Å². The molecule has 0 amide bonds. The zero-order valence-electron chi connectivity index (χ0n) is 11.5. The van der Waals surface area contributed by atoms with Gasteiger partial charge in [-0.1, -0.05) is 0 Å². The van der Waals surface area contributed by atoms with Crippen LogP contribution < -0.4 is 25.3 Å². The highest BCUT2D eigenvalue weighted by molar-refractivity contribution is 9.10. The Bertz CT molecular complexity index is 676. The third-order valence-electron chi connectivity index (χ3n) is 3.16. The fraction of sp³-hybridized carbons (Fsp3) is 0.200. The molecule has 0 saturated carbocycles. The summed E-state index contributed by atoms with van der Waals surface area (Å²) in [6, 6.07) is 9.29. The first-order chi connectivity index (χ1) is 10.2. The number of halogens is 1. The lowest BCUT2D eigenvalue weighted by atomic mass is 10.2. The number of rotatable bonds is 3. The first kappa shape index (κ1) is 13.9. The number of nitrogen functional groups attached to an aromatic ring is 1. The van der Waals surface area contributed by atoms with Gasteiger partial charge in [0.2, 0.25) is 0 Å². The molecule has 6 heteroatoms. The molecule has 0 bridgehead atoms. The van der Waals surface area contributed by atoms with Gasteiger partial charge in [0.25, 0.3) is 0 Å². The molecule has 2 aromatic rings. The summed E-state index contributed by atoms with van der Waals surface area (Å²) in [4.78, 5) is 0. The van der Waals surface area contributed by atoms with Crippen LogP contribution in [0.4, 0.5) is 17.1 Å². The highest BCUT2D eigenvalue weighted by Crippen LogP contribution is 2.39. The fourth-order valence-corrected chi connectivity index (χ4v) is 2.43. The summed E-state index contributed by atoms with van der Waals surface area (Å²) in [5.41, 5.74) is 8.28. The summed E-state index contributed by atoms with van der Waals surface area (Å²) >= 11 is 3.50. The maximum atomic E-state index is 6.07. The average molecular weight is 351 g/mol. The van der Waals surface area contributed by atoms with Crippen molar-refractivity contribution < 1.29 is 14.2 Å². The Balaban J connectivity index is 1.94. The molecule has 1 aliphatic heterocycles. The highest BCUT2D eigenvalue weighted by Gasteiger charge is 2.15. The van der Waals surface area contributed by atoms with Crippen LogP contribution in [-0.4, -0.2) is 20.3 Å². The van der Waals surface area contributed by atoms with E-state index in [4.69, 9.17) is 19.9 Å². The number of fused-ring (bicyclic) bond motifs is 1. The lowest BCUT2D eigenvalue weighted by Crippen LogP contribution is -2.15. The average Bonchev–Trinajstić information content (AvgIpc) is 2.50. The lowest BCUT2D eigenvalue weighted by Gasteiger charge is -2.21. The van der Waals surface area contributed by atoms with Crippen LogP contribution in [0.5, 0.6) is 17.2 Å². The monoisotopic (exact) mass is 350 g/mol. The van der Waals surface area contributed by atoms with E-state index in [1.54, 1.807) is 13.2 Å². The van der Waals surface area contributed by atoms with E-state index >= 15 is 0 Å². The maximum absolute atomic E-state index is 6.07. The van der Waals surface area contributed by atoms with E-state index in [9.17, 15) is 0 Å². The van der Waals surface area contributed by atoms with Crippen molar-refractivity contribution in [2.24, 2.45) is 0 Å². The Kier molecular flexibility index (Phi) is 3.79. The molecule has 0 unspecified atom stereocenters. The summed E-state index contributed by atoms with van der Waals surface area (Å²) in [7, 11) is 1.63. The summed E-state index contributed by atoms with van der Waals surface area (Å²) in [5.74, 6) is 2.13. The van der Waals surface area contributed by atoms with Crippen LogP contribution in [0.25, 0.3) is 0 Å². The third kappa shape index (κ3) is 2.85.